The smallest absolute Gasteiger partial charge is 0.263 e. The van der Waals surface area contributed by atoms with Gasteiger partial charge in [0.15, 0.2) is 0 Å². The molecule has 0 aliphatic heterocycles. The Morgan fingerprint density at radius 2 is 1.92 bits per heavy atom. The first-order chi connectivity index (χ1) is 12.4. The molecule has 0 aliphatic rings. The van der Waals surface area contributed by atoms with Gasteiger partial charge in [-0.3, -0.25) is 4.79 Å². The minimum Gasteiger partial charge on any atom is -0.497 e. The number of anilines is 1. The number of amides is 1. The fraction of sp³-hybridized carbons (Fsp3) is 0.158. The molecular formula is C19H17Cl2N3O2. The van der Waals surface area contributed by atoms with Gasteiger partial charge in [-0.05, 0) is 42.8 Å². The molecule has 134 valence electrons. The van der Waals surface area contributed by atoms with Crippen molar-refractivity contribution in [2.75, 3.05) is 12.4 Å². The first-order valence-corrected chi connectivity index (χ1v) is 8.47. The second kappa shape index (κ2) is 9.14. The molecule has 0 radical (unpaired) electrons. The van der Waals surface area contributed by atoms with Crippen LogP contribution in [0.25, 0.3) is 0 Å². The lowest BCUT2D eigenvalue weighted by Crippen LogP contribution is -2.28. The number of rotatable bonds is 6. The van der Waals surface area contributed by atoms with E-state index in [4.69, 9.17) is 27.9 Å². The highest BCUT2D eigenvalue weighted by atomic mass is 35.5. The molecule has 2 rings (SSSR count). The molecule has 0 fully saturated rings. The van der Waals surface area contributed by atoms with Gasteiger partial charge in [0.2, 0.25) is 0 Å². The molecule has 2 N–H and O–H groups in total. The van der Waals surface area contributed by atoms with Gasteiger partial charge in [0, 0.05) is 11.2 Å². The molecule has 0 bridgehead atoms. The monoisotopic (exact) mass is 389 g/mol. The lowest BCUT2D eigenvalue weighted by Gasteiger charge is -2.14. The minimum atomic E-state index is -0.492. The van der Waals surface area contributed by atoms with Crippen LogP contribution in [0.4, 0.5) is 5.69 Å². The van der Waals surface area contributed by atoms with Crippen LogP contribution < -0.4 is 15.4 Å². The molecule has 0 saturated heterocycles. The zero-order valence-electron chi connectivity index (χ0n) is 14.2. The van der Waals surface area contributed by atoms with Crippen LogP contribution in [-0.4, -0.2) is 13.0 Å². The number of carbonyl (C=O) groups excluding carboxylic acids is 1. The van der Waals surface area contributed by atoms with E-state index in [2.05, 4.69) is 10.6 Å². The Balaban J connectivity index is 2.06. The number of nitrogens with one attached hydrogen (secondary N) is 2. The number of hydrogen-bond donors (Lipinski definition) is 2. The summed E-state index contributed by atoms with van der Waals surface area (Å²) in [7, 11) is 1.59. The van der Waals surface area contributed by atoms with Gasteiger partial charge in [-0.15, -0.1) is 0 Å². The van der Waals surface area contributed by atoms with Crippen molar-refractivity contribution in [3.63, 3.8) is 0 Å². The van der Waals surface area contributed by atoms with E-state index in [0.29, 0.717) is 15.7 Å². The number of ether oxygens (including phenoxy) is 1. The molecule has 26 heavy (non-hydrogen) atoms. The number of carbonyl (C=O) groups is 1. The molecule has 1 atom stereocenters. The van der Waals surface area contributed by atoms with Gasteiger partial charge in [0.25, 0.3) is 5.91 Å². The highest BCUT2D eigenvalue weighted by Gasteiger charge is 2.14. The second-order valence-electron chi connectivity index (χ2n) is 5.41. The summed E-state index contributed by atoms with van der Waals surface area (Å²) in [5.41, 5.74) is 1.36. The lowest BCUT2D eigenvalue weighted by atomic mass is 10.1. The van der Waals surface area contributed by atoms with Gasteiger partial charge >= 0.3 is 0 Å². The fourth-order valence-electron chi connectivity index (χ4n) is 2.16. The molecule has 2 aromatic rings. The van der Waals surface area contributed by atoms with Gasteiger partial charge in [-0.25, -0.2) is 0 Å². The van der Waals surface area contributed by atoms with Crippen LogP contribution in [0.5, 0.6) is 5.75 Å². The van der Waals surface area contributed by atoms with E-state index in [1.54, 1.807) is 25.3 Å². The summed E-state index contributed by atoms with van der Waals surface area (Å²) in [6, 6.07) is 13.8. The predicted octanol–water partition coefficient (Wildman–Crippen LogP) is 4.70. The third-order valence-electron chi connectivity index (χ3n) is 3.63. The van der Waals surface area contributed by atoms with Crippen LogP contribution in [-0.2, 0) is 4.79 Å². The third kappa shape index (κ3) is 5.16. The predicted molar refractivity (Wildman–Crippen MR) is 103 cm³/mol. The summed E-state index contributed by atoms with van der Waals surface area (Å²) in [5.74, 6) is 0.238. The molecule has 7 heteroatoms. The molecule has 5 nitrogen and oxygen atoms in total. The molecule has 0 aliphatic carbocycles. The topological polar surface area (TPSA) is 74.1 Å². The van der Waals surface area contributed by atoms with E-state index < -0.39 is 5.91 Å². The molecular weight excluding hydrogens is 373 g/mol. The number of hydrogen-bond acceptors (Lipinski definition) is 4. The molecule has 0 heterocycles. The minimum absolute atomic E-state index is 0.0728. The Kier molecular flexibility index (Phi) is 6.90. The largest absolute Gasteiger partial charge is 0.497 e. The molecule has 1 unspecified atom stereocenters. The summed E-state index contributed by atoms with van der Waals surface area (Å²) in [6.07, 6.45) is 1.31. The van der Waals surface area contributed by atoms with E-state index >= 15 is 0 Å². The maximum atomic E-state index is 12.3. The molecule has 2 aromatic carbocycles. The van der Waals surface area contributed by atoms with Crippen molar-refractivity contribution in [3.8, 4) is 11.8 Å². The first kappa shape index (κ1) is 19.6. The van der Waals surface area contributed by atoms with Crippen molar-refractivity contribution in [2.45, 2.75) is 13.0 Å². The van der Waals surface area contributed by atoms with Gasteiger partial charge in [0.1, 0.15) is 17.4 Å². The number of nitriles is 1. The summed E-state index contributed by atoms with van der Waals surface area (Å²) in [6.45, 7) is 1.83. The van der Waals surface area contributed by atoms with Crippen LogP contribution in [0.3, 0.4) is 0 Å². The average molecular weight is 390 g/mol. The van der Waals surface area contributed by atoms with Crippen molar-refractivity contribution in [1.29, 1.82) is 5.26 Å². The van der Waals surface area contributed by atoms with E-state index in [1.165, 1.54) is 6.20 Å². The lowest BCUT2D eigenvalue weighted by molar-refractivity contribution is -0.117. The van der Waals surface area contributed by atoms with E-state index in [1.807, 2.05) is 37.3 Å². The maximum absolute atomic E-state index is 12.3. The Morgan fingerprint density at radius 3 is 2.50 bits per heavy atom. The van der Waals surface area contributed by atoms with Crippen molar-refractivity contribution in [2.24, 2.45) is 0 Å². The Labute approximate surface area is 162 Å². The Morgan fingerprint density at radius 1 is 1.23 bits per heavy atom. The number of methoxy groups -OCH3 is 1. The fourth-order valence-corrected chi connectivity index (χ4v) is 2.62. The normalized spacial score (nSPS) is 12.0. The average Bonchev–Trinajstić information content (AvgIpc) is 2.63. The Hall–Kier alpha value is -2.68. The molecule has 0 aromatic heterocycles. The van der Waals surface area contributed by atoms with Crippen molar-refractivity contribution in [1.82, 2.24) is 5.32 Å². The van der Waals surface area contributed by atoms with E-state index in [-0.39, 0.29) is 11.6 Å². The van der Waals surface area contributed by atoms with Gasteiger partial charge in [0.05, 0.1) is 23.9 Å². The second-order valence-corrected chi connectivity index (χ2v) is 6.25. The Bertz CT molecular complexity index is 858. The first-order valence-electron chi connectivity index (χ1n) is 7.71. The van der Waals surface area contributed by atoms with Crippen molar-refractivity contribution < 1.29 is 9.53 Å². The van der Waals surface area contributed by atoms with Crippen LogP contribution >= 0.6 is 23.2 Å². The van der Waals surface area contributed by atoms with E-state index in [9.17, 15) is 10.1 Å². The quantitative estimate of drug-likeness (QED) is 0.554. The number of nitrogens with zero attached hydrogens (tertiary/aromatic N) is 1. The van der Waals surface area contributed by atoms with Crippen molar-refractivity contribution >= 4 is 34.8 Å². The zero-order chi connectivity index (χ0) is 19.1. The van der Waals surface area contributed by atoms with Crippen LogP contribution in [0.2, 0.25) is 10.0 Å². The van der Waals surface area contributed by atoms with Crippen molar-refractivity contribution in [3.05, 3.63) is 69.8 Å². The number of halogens is 2. The van der Waals surface area contributed by atoms with Crippen LogP contribution in [0.15, 0.2) is 54.2 Å². The van der Waals surface area contributed by atoms with E-state index in [0.717, 1.165) is 11.3 Å². The standard InChI is InChI=1S/C19H17Cl2N3O2/c1-12(13-3-6-16(26-2)7-4-13)24-19(25)14(10-22)11-23-18-8-5-15(20)9-17(18)21/h3-9,11-12,23H,1-2H3,(H,24,25)/b14-11-. The summed E-state index contributed by atoms with van der Waals surface area (Å²) >= 11 is 11.9. The van der Waals surface area contributed by atoms with Crippen LogP contribution in [0, 0.1) is 11.3 Å². The SMILES string of the molecule is COc1ccc(C(C)NC(=O)/C(C#N)=C\Nc2ccc(Cl)cc2Cl)cc1. The van der Waals surface area contributed by atoms with Gasteiger partial charge in [-0.2, -0.15) is 5.26 Å². The maximum Gasteiger partial charge on any atom is 0.263 e. The summed E-state index contributed by atoms with van der Waals surface area (Å²) < 4.78 is 5.11. The highest BCUT2D eigenvalue weighted by molar-refractivity contribution is 6.36. The third-order valence-corrected chi connectivity index (χ3v) is 4.18. The summed E-state index contributed by atoms with van der Waals surface area (Å²) in [5, 5.41) is 15.8. The highest BCUT2D eigenvalue weighted by Crippen LogP contribution is 2.25. The van der Waals surface area contributed by atoms with Crippen LogP contribution in [0.1, 0.15) is 18.5 Å². The van der Waals surface area contributed by atoms with Gasteiger partial charge < -0.3 is 15.4 Å². The molecule has 0 saturated carbocycles. The zero-order valence-corrected chi connectivity index (χ0v) is 15.7. The molecule has 0 spiro atoms. The molecule has 1 amide bonds. The number of benzene rings is 2. The summed E-state index contributed by atoms with van der Waals surface area (Å²) in [4.78, 5) is 12.3. The van der Waals surface area contributed by atoms with Gasteiger partial charge in [-0.1, -0.05) is 35.3 Å².